The zero-order valence-electron chi connectivity index (χ0n) is 13.6. The van der Waals surface area contributed by atoms with Crippen LogP contribution in [0.3, 0.4) is 0 Å². The molecule has 0 radical (unpaired) electrons. The Bertz CT molecular complexity index is 910. The van der Waals surface area contributed by atoms with Crippen LogP contribution in [0.25, 0.3) is 11.2 Å². The van der Waals surface area contributed by atoms with Crippen LogP contribution in [0.4, 0.5) is 5.82 Å². The van der Waals surface area contributed by atoms with Gasteiger partial charge in [0.05, 0.1) is 0 Å². The molecule has 2 N–H and O–H groups in total. The zero-order chi connectivity index (χ0) is 19.0. The summed E-state index contributed by atoms with van der Waals surface area (Å²) in [7, 11) is 0. The minimum absolute atomic E-state index is 0.0522. The van der Waals surface area contributed by atoms with E-state index >= 15 is 0 Å². The van der Waals surface area contributed by atoms with Crippen LogP contribution >= 0.6 is 23.2 Å². The van der Waals surface area contributed by atoms with Gasteiger partial charge in [0.1, 0.15) is 22.7 Å². The Labute approximate surface area is 156 Å². The third kappa shape index (κ3) is 3.25. The van der Waals surface area contributed by atoms with Gasteiger partial charge in [-0.25, -0.2) is 15.0 Å². The van der Waals surface area contributed by atoms with Crippen LogP contribution in [0.2, 0.25) is 0 Å². The van der Waals surface area contributed by atoms with Crippen molar-refractivity contribution in [2.45, 2.75) is 32.3 Å². The molecule has 3 rings (SSSR count). The molecule has 0 aliphatic carbocycles. The van der Waals surface area contributed by atoms with Gasteiger partial charge in [-0.3, -0.25) is 14.2 Å². The van der Waals surface area contributed by atoms with Crippen molar-refractivity contribution < 1.29 is 23.8 Å². The summed E-state index contributed by atoms with van der Waals surface area (Å²) in [6.07, 6.45) is -0.576. The van der Waals surface area contributed by atoms with Crippen LogP contribution in [-0.4, -0.2) is 43.7 Å². The summed E-state index contributed by atoms with van der Waals surface area (Å²) in [5.41, 5.74) is 6.44. The van der Waals surface area contributed by atoms with Gasteiger partial charge >= 0.3 is 11.9 Å². The fraction of sp³-hybridized carbons (Fsp3) is 0.357. The van der Waals surface area contributed by atoms with Crippen molar-refractivity contribution in [2.24, 2.45) is 0 Å². The first kappa shape index (κ1) is 18.2. The van der Waals surface area contributed by atoms with Crippen LogP contribution in [0.5, 0.6) is 0 Å². The molecular formula is C14H13Cl2N5O5. The first-order valence-corrected chi connectivity index (χ1v) is 8.04. The van der Waals surface area contributed by atoms with E-state index < -0.39 is 30.4 Å². The molecule has 10 nitrogen and oxygen atoms in total. The molecule has 0 aromatic carbocycles. The highest BCUT2D eigenvalue weighted by atomic mass is 35.5. The van der Waals surface area contributed by atoms with E-state index in [-0.39, 0.29) is 16.1 Å². The average molecular weight is 402 g/mol. The van der Waals surface area contributed by atoms with Crippen LogP contribution in [-0.2, 0) is 23.8 Å². The first-order valence-electron chi connectivity index (χ1n) is 7.29. The number of nitrogens with zero attached hydrogens (tertiary/aromatic N) is 4. The molecule has 0 amide bonds. The van der Waals surface area contributed by atoms with Gasteiger partial charge < -0.3 is 19.9 Å². The second-order valence-corrected chi connectivity index (χ2v) is 6.27. The zero-order valence-corrected chi connectivity index (χ0v) is 15.1. The Morgan fingerprint density at radius 3 is 2.50 bits per heavy atom. The van der Waals surface area contributed by atoms with Gasteiger partial charge in [-0.1, -0.05) is 23.2 Å². The van der Waals surface area contributed by atoms with Crippen molar-refractivity contribution in [3.63, 3.8) is 0 Å². The van der Waals surface area contributed by atoms with Crippen molar-refractivity contribution in [2.75, 3.05) is 5.73 Å². The van der Waals surface area contributed by atoms with Crippen LogP contribution in [0.15, 0.2) is 22.9 Å². The van der Waals surface area contributed by atoms with E-state index in [0.717, 1.165) is 0 Å². The molecule has 0 spiro atoms. The topological polar surface area (TPSA) is 131 Å². The lowest BCUT2D eigenvalue weighted by Gasteiger charge is -2.21. The van der Waals surface area contributed by atoms with E-state index in [2.05, 4.69) is 15.0 Å². The molecule has 1 aliphatic rings. The van der Waals surface area contributed by atoms with Gasteiger partial charge in [0.25, 0.3) is 0 Å². The number of carbonyl (C=O) groups excluding carboxylic acids is 2. The maximum Gasteiger partial charge on any atom is 0.303 e. The number of nitrogen functional groups attached to an aromatic ring is 1. The largest absolute Gasteiger partial charge is 0.464 e. The fourth-order valence-corrected chi connectivity index (χ4v) is 2.90. The van der Waals surface area contributed by atoms with Gasteiger partial charge in [-0.15, -0.1) is 0 Å². The predicted molar refractivity (Wildman–Crippen MR) is 89.7 cm³/mol. The number of esters is 2. The summed E-state index contributed by atoms with van der Waals surface area (Å²) < 4.78 is 17.4. The molecule has 2 aromatic heterocycles. The summed E-state index contributed by atoms with van der Waals surface area (Å²) in [6.45, 7) is 2.40. The molecule has 3 heterocycles. The van der Waals surface area contributed by atoms with E-state index in [1.807, 2.05) is 0 Å². The number of nitrogens with two attached hydrogens (primary N) is 1. The SMILES string of the molecule is CC(=O)O[C@@H]1[C@H](OC(C)=O)C(=C(Cl)Cl)O[C@H]1n1cnc2c(N)ncnc21. The van der Waals surface area contributed by atoms with Gasteiger partial charge in [0.15, 0.2) is 17.2 Å². The van der Waals surface area contributed by atoms with Crippen molar-refractivity contribution in [1.29, 1.82) is 0 Å². The second-order valence-electron chi connectivity index (χ2n) is 5.32. The third-order valence-corrected chi connectivity index (χ3v) is 3.90. The minimum atomic E-state index is -1.14. The molecule has 0 unspecified atom stereocenters. The molecule has 1 saturated heterocycles. The summed E-state index contributed by atoms with van der Waals surface area (Å²) in [5, 5.41) is 0. The molecule has 138 valence electrons. The lowest BCUT2D eigenvalue weighted by molar-refractivity contribution is -0.164. The highest BCUT2D eigenvalue weighted by molar-refractivity contribution is 6.56. The number of carbonyl (C=O) groups is 2. The van der Waals surface area contributed by atoms with E-state index in [1.165, 1.54) is 31.1 Å². The van der Waals surface area contributed by atoms with Crippen LogP contribution in [0, 0.1) is 0 Å². The van der Waals surface area contributed by atoms with Crippen molar-refractivity contribution in [1.82, 2.24) is 19.5 Å². The normalized spacial score (nSPS) is 22.2. The molecule has 0 bridgehead atoms. The number of fused-ring (bicyclic) bond motifs is 1. The second kappa shape index (κ2) is 6.96. The van der Waals surface area contributed by atoms with Gasteiger partial charge in [-0.05, 0) is 0 Å². The van der Waals surface area contributed by atoms with Crippen molar-refractivity contribution >= 4 is 52.1 Å². The Balaban J connectivity index is 2.11. The molecule has 1 aliphatic heterocycles. The predicted octanol–water partition coefficient (Wildman–Crippen LogP) is 1.45. The Kier molecular flexibility index (Phi) is 4.88. The molecule has 26 heavy (non-hydrogen) atoms. The number of halogens is 2. The number of hydrogen-bond acceptors (Lipinski definition) is 9. The minimum Gasteiger partial charge on any atom is -0.464 e. The molecule has 0 saturated carbocycles. The Hall–Kier alpha value is -2.59. The monoisotopic (exact) mass is 401 g/mol. The molecule has 12 heteroatoms. The fourth-order valence-electron chi connectivity index (χ4n) is 2.60. The van der Waals surface area contributed by atoms with E-state index in [0.29, 0.717) is 11.2 Å². The third-order valence-electron chi connectivity index (χ3n) is 3.53. The van der Waals surface area contributed by atoms with Gasteiger partial charge in [0, 0.05) is 13.8 Å². The summed E-state index contributed by atoms with van der Waals surface area (Å²) in [4.78, 5) is 35.1. The summed E-state index contributed by atoms with van der Waals surface area (Å²) in [6, 6.07) is 0. The quantitative estimate of drug-likeness (QED) is 0.758. The molecule has 1 fully saturated rings. The Morgan fingerprint density at radius 1 is 1.19 bits per heavy atom. The summed E-state index contributed by atoms with van der Waals surface area (Å²) >= 11 is 11.7. The maximum atomic E-state index is 11.6. The number of imidazole rings is 1. The van der Waals surface area contributed by atoms with Gasteiger partial charge in [-0.2, -0.15) is 0 Å². The summed E-state index contributed by atoms with van der Waals surface area (Å²) in [5.74, 6) is -1.14. The molecular weight excluding hydrogens is 389 g/mol. The van der Waals surface area contributed by atoms with E-state index in [9.17, 15) is 9.59 Å². The lowest BCUT2D eigenvalue weighted by atomic mass is 10.2. The number of hydrogen-bond donors (Lipinski definition) is 1. The number of anilines is 1. The van der Waals surface area contributed by atoms with E-state index in [1.54, 1.807) is 0 Å². The average Bonchev–Trinajstić information content (AvgIpc) is 3.10. The number of ether oxygens (including phenoxy) is 3. The van der Waals surface area contributed by atoms with Crippen LogP contribution in [0.1, 0.15) is 20.1 Å². The van der Waals surface area contributed by atoms with Gasteiger partial charge in [0.2, 0.25) is 18.4 Å². The van der Waals surface area contributed by atoms with Crippen LogP contribution < -0.4 is 5.73 Å². The van der Waals surface area contributed by atoms with E-state index in [4.69, 9.17) is 43.1 Å². The molecule has 3 atom stereocenters. The number of rotatable bonds is 3. The Morgan fingerprint density at radius 2 is 1.88 bits per heavy atom. The molecule has 2 aromatic rings. The van der Waals surface area contributed by atoms with Crippen molar-refractivity contribution in [3.05, 3.63) is 22.9 Å². The first-order chi connectivity index (χ1) is 12.3. The smallest absolute Gasteiger partial charge is 0.303 e. The highest BCUT2D eigenvalue weighted by Crippen LogP contribution is 2.40. The standard InChI is InChI=1S/C14H13Cl2N5O5/c1-5(22)24-8-9(11(15)16)26-14(10(8)25-6(2)23)21-4-20-7-12(17)18-3-19-13(7)21/h3-4,8,10,14H,1-2H3,(H2,17,18,19)/t8-,10-,14-/m1/s1. The lowest BCUT2D eigenvalue weighted by Crippen LogP contribution is -2.35. The highest BCUT2D eigenvalue weighted by Gasteiger charge is 2.49. The number of aromatic nitrogens is 4. The van der Waals surface area contributed by atoms with Crippen molar-refractivity contribution in [3.8, 4) is 0 Å². The maximum absolute atomic E-state index is 11.6.